The quantitative estimate of drug-likeness (QED) is 0.206. The summed E-state index contributed by atoms with van der Waals surface area (Å²) in [5.74, 6) is 0. The summed E-state index contributed by atoms with van der Waals surface area (Å²) in [5.41, 5.74) is 3.81. The van der Waals surface area contributed by atoms with Gasteiger partial charge in [0.05, 0.1) is 0 Å². The fraction of sp³-hybridized carbons (Fsp3) is 0.0323. The Hall–Kier alpha value is -2.99. The number of hydrogen-bond donors (Lipinski definition) is 0. The molecule has 0 aliphatic heterocycles. The van der Waals surface area contributed by atoms with Crippen molar-refractivity contribution in [2.24, 2.45) is 0 Å². The Balaban J connectivity index is 1.71. The Labute approximate surface area is 204 Å². The van der Waals surface area contributed by atoms with Crippen molar-refractivity contribution in [1.82, 2.24) is 0 Å². The second kappa shape index (κ2) is 9.10. The second-order valence-corrected chi connectivity index (χ2v) is 17.3. The van der Waals surface area contributed by atoms with Crippen molar-refractivity contribution in [2.45, 2.75) is 6.16 Å². The van der Waals surface area contributed by atoms with Crippen molar-refractivity contribution in [1.29, 1.82) is 0 Å². The minimum atomic E-state index is -2.97. The van der Waals surface area contributed by atoms with Crippen LogP contribution in [0.1, 0.15) is 5.56 Å². The van der Waals surface area contributed by atoms with Crippen molar-refractivity contribution in [3.63, 3.8) is 0 Å². The van der Waals surface area contributed by atoms with Gasteiger partial charge in [-0.05, 0) is 0 Å². The van der Waals surface area contributed by atoms with Crippen LogP contribution in [-0.2, 0) is 6.16 Å². The van der Waals surface area contributed by atoms with Crippen LogP contribution in [0.3, 0.4) is 0 Å². The molecule has 0 spiro atoms. The molecule has 5 aromatic rings. The van der Waals surface area contributed by atoms with Crippen LogP contribution >= 0.6 is 20.8 Å². The van der Waals surface area contributed by atoms with Crippen LogP contribution in [0.4, 0.5) is 0 Å². The van der Waals surface area contributed by atoms with Gasteiger partial charge in [0.2, 0.25) is 0 Å². The number of halogens is 1. The van der Waals surface area contributed by atoms with Crippen LogP contribution < -0.4 is 15.9 Å². The van der Waals surface area contributed by atoms with Gasteiger partial charge in [-0.1, -0.05) is 0 Å². The predicted molar refractivity (Wildman–Crippen MR) is 150 cm³/mol. The van der Waals surface area contributed by atoms with Crippen LogP contribution in [0.2, 0.25) is 0 Å². The standard InChI is InChI=1S/C31H26BrP/c32-33(29-15-7-2-8-16-29,30-17-9-3-10-18-30,31-19-11-4-12-20-31)25-26-21-23-28(24-22-26)27-13-5-1-6-14-27/h1-24H,25H2. The Morgan fingerprint density at radius 3 is 1.12 bits per heavy atom. The van der Waals surface area contributed by atoms with Crippen LogP contribution in [0.5, 0.6) is 0 Å². The Bertz CT molecular complexity index is 1220. The molecule has 0 aliphatic carbocycles. The average Bonchev–Trinajstić information content (AvgIpc) is 2.91. The Kier molecular flexibility index (Phi) is 6.02. The first-order valence-corrected chi connectivity index (χ1v) is 15.7. The van der Waals surface area contributed by atoms with Crippen molar-refractivity contribution >= 4 is 36.7 Å². The topological polar surface area (TPSA) is 0 Å². The Morgan fingerprint density at radius 2 is 0.727 bits per heavy atom. The molecule has 162 valence electrons. The van der Waals surface area contributed by atoms with E-state index in [4.69, 9.17) is 0 Å². The van der Waals surface area contributed by atoms with E-state index in [0.29, 0.717) is 0 Å². The number of rotatable bonds is 6. The predicted octanol–water partition coefficient (Wildman–Crippen LogP) is 7.69. The molecule has 5 aromatic carbocycles. The summed E-state index contributed by atoms with van der Waals surface area (Å²) in [6.07, 6.45) is 0.901. The van der Waals surface area contributed by atoms with Gasteiger partial charge in [-0.25, -0.2) is 0 Å². The maximum atomic E-state index is 4.55. The Morgan fingerprint density at radius 1 is 0.394 bits per heavy atom. The van der Waals surface area contributed by atoms with Gasteiger partial charge in [0, 0.05) is 0 Å². The van der Waals surface area contributed by atoms with Crippen LogP contribution in [0.15, 0.2) is 146 Å². The summed E-state index contributed by atoms with van der Waals surface area (Å²) < 4.78 is 0. The van der Waals surface area contributed by atoms with E-state index in [2.05, 4.69) is 161 Å². The number of benzene rings is 5. The van der Waals surface area contributed by atoms with Gasteiger partial charge >= 0.3 is 205 Å². The molecule has 0 aromatic heterocycles. The molecule has 0 aliphatic rings. The summed E-state index contributed by atoms with van der Waals surface area (Å²) in [5, 5.41) is 1.06. The van der Waals surface area contributed by atoms with Crippen LogP contribution in [0.25, 0.3) is 11.1 Å². The third-order valence-corrected chi connectivity index (χ3v) is 15.9. The molecule has 0 atom stereocenters. The monoisotopic (exact) mass is 508 g/mol. The molecule has 0 radical (unpaired) electrons. The van der Waals surface area contributed by atoms with Gasteiger partial charge in [-0.15, -0.1) is 0 Å². The fourth-order valence-electron chi connectivity index (χ4n) is 4.71. The fourth-order valence-corrected chi connectivity index (χ4v) is 12.4. The summed E-state index contributed by atoms with van der Waals surface area (Å²) in [6.45, 7) is 0. The zero-order chi connectivity index (χ0) is 22.6. The van der Waals surface area contributed by atoms with Crippen molar-refractivity contribution < 1.29 is 0 Å². The first-order valence-electron chi connectivity index (χ1n) is 11.2. The molecule has 33 heavy (non-hydrogen) atoms. The van der Waals surface area contributed by atoms with Crippen molar-refractivity contribution in [3.05, 3.63) is 151 Å². The maximum absolute atomic E-state index is 4.55. The summed E-state index contributed by atoms with van der Waals surface area (Å²) >= 11 is 4.55. The molecular weight excluding hydrogens is 483 g/mol. The molecule has 0 saturated carbocycles. The zero-order valence-electron chi connectivity index (χ0n) is 18.4. The van der Waals surface area contributed by atoms with Crippen LogP contribution in [0, 0.1) is 0 Å². The molecule has 2 heteroatoms. The first kappa shape index (κ1) is 21.8. The second-order valence-electron chi connectivity index (χ2n) is 8.41. The first-order chi connectivity index (χ1) is 16.2. The van der Waals surface area contributed by atoms with E-state index in [9.17, 15) is 0 Å². The van der Waals surface area contributed by atoms with E-state index >= 15 is 0 Å². The van der Waals surface area contributed by atoms with Crippen molar-refractivity contribution in [2.75, 3.05) is 0 Å². The molecule has 0 unspecified atom stereocenters. The van der Waals surface area contributed by atoms with E-state index in [1.807, 2.05) is 0 Å². The molecule has 0 saturated heterocycles. The molecule has 0 amide bonds. The third kappa shape index (κ3) is 3.97. The van der Waals surface area contributed by atoms with Crippen molar-refractivity contribution in [3.8, 4) is 11.1 Å². The van der Waals surface area contributed by atoms with E-state index in [1.54, 1.807) is 0 Å². The van der Waals surface area contributed by atoms with E-state index in [-0.39, 0.29) is 0 Å². The molecule has 5 rings (SSSR count). The summed E-state index contributed by atoms with van der Waals surface area (Å²) in [6, 6.07) is 52.6. The van der Waals surface area contributed by atoms with E-state index in [0.717, 1.165) is 6.16 Å². The van der Waals surface area contributed by atoms with Gasteiger partial charge in [0.1, 0.15) is 0 Å². The summed E-state index contributed by atoms with van der Waals surface area (Å²) in [7, 11) is 0. The molecule has 0 heterocycles. The molecule has 0 N–H and O–H groups in total. The van der Waals surface area contributed by atoms with Gasteiger partial charge < -0.3 is 0 Å². The summed E-state index contributed by atoms with van der Waals surface area (Å²) in [4.78, 5) is 0. The van der Waals surface area contributed by atoms with Gasteiger partial charge in [0.15, 0.2) is 0 Å². The minimum absolute atomic E-state index is 0.901. The normalized spacial score (nSPS) is 12.6. The average molecular weight is 509 g/mol. The third-order valence-electron chi connectivity index (χ3n) is 6.42. The van der Waals surface area contributed by atoms with E-state index in [1.165, 1.54) is 32.6 Å². The molecule has 0 bridgehead atoms. The van der Waals surface area contributed by atoms with Gasteiger partial charge in [-0.3, -0.25) is 0 Å². The van der Waals surface area contributed by atoms with Gasteiger partial charge in [0.25, 0.3) is 0 Å². The zero-order valence-corrected chi connectivity index (χ0v) is 20.9. The number of hydrogen-bond acceptors (Lipinski definition) is 0. The molecule has 0 fully saturated rings. The molecular formula is C31H26BrP. The SMILES string of the molecule is BrP(Cc1ccc(-c2ccccc2)cc1)(c1ccccc1)(c1ccccc1)c1ccccc1. The van der Waals surface area contributed by atoms with Crippen LogP contribution in [-0.4, -0.2) is 0 Å². The van der Waals surface area contributed by atoms with E-state index < -0.39 is 5.31 Å². The molecule has 0 nitrogen and oxygen atoms in total. The van der Waals surface area contributed by atoms with Gasteiger partial charge in [-0.2, -0.15) is 0 Å².